The van der Waals surface area contributed by atoms with Gasteiger partial charge in [-0.3, -0.25) is 0 Å². The van der Waals surface area contributed by atoms with Crippen molar-refractivity contribution in [3.05, 3.63) is 24.3 Å². The van der Waals surface area contributed by atoms with Gasteiger partial charge in [0.25, 0.3) is 0 Å². The lowest BCUT2D eigenvalue weighted by molar-refractivity contribution is -0.126. The summed E-state index contributed by atoms with van der Waals surface area (Å²) in [6.45, 7) is 10.8. The predicted octanol–water partition coefficient (Wildman–Crippen LogP) is 3.84. The molecule has 3 aliphatic carbocycles. The number of fused-ring (bicyclic) bond motifs is 3. The molecule has 0 aromatic heterocycles. The number of hydrogen-bond acceptors (Lipinski definition) is 2. The van der Waals surface area contributed by atoms with Crippen LogP contribution in [0, 0.1) is 22.7 Å². The lowest BCUT2D eigenvalue weighted by Gasteiger charge is -2.61. The molecule has 2 unspecified atom stereocenters. The molecule has 0 heterocycles. The molecule has 2 fully saturated rings. The highest BCUT2D eigenvalue weighted by Gasteiger charge is 2.57. The van der Waals surface area contributed by atoms with Crippen molar-refractivity contribution in [2.45, 2.75) is 71.0 Å². The highest BCUT2D eigenvalue weighted by molar-refractivity contribution is 5.29. The van der Waals surface area contributed by atoms with Crippen molar-refractivity contribution in [2.24, 2.45) is 22.7 Å². The molecule has 0 spiro atoms. The molecule has 3 aliphatic rings. The van der Waals surface area contributed by atoms with Crippen LogP contribution in [0.15, 0.2) is 24.3 Å². The topological polar surface area (TPSA) is 40.5 Å². The first-order valence-corrected chi connectivity index (χ1v) is 8.47. The van der Waals surface area contributed by atoms with Gasteiger partial charge in [-0.1, -0.05) is 45.4 Å². The zero-order valence-electron chi connectivity index (χ0n) is 13.7. The van der Waals surface area contributed by atoms with Crippen molar-refractivity contribution >= 4 is 0 Å². The zero-order valence-corrected chi connectivity index (χ0v) is 13.7. The van der Waals surface area contributed by atoms with Gasteiger partial charge in [0.05, 0.1) is 6.10 Å². The fourth-order valence-corrected chi connectivity index (χ4v) is 6.01. The molecule has 0 radical (unpaired) electrons. The summed E-state index contributed by atoms with van der Waals surface area (Å²) in [4.78, 5) is 0. The van der Waals surface area contributed by atoms with Gasteiger partial charge in [-0.2, -0.15) is 0 Å². The number of aliphatic hydroxyl groups excluding tert-OH is 1. The molecule has 2 N–H and O–H groups in total. The van der Waals surface area contributed by atoms with Gasteiger partial charge in [0.2, 0.25) is 0 Å². The van der Waals surface area contributed by atoms with Gasteiger partial charge in [-0.05, 0) is 60.8 Å². The Labute approximate surface area is 128 Å². The lowest BCUT2D eigenvalue weighted by Crippen LogP contribution is -2.56. The van der Waals surface area contributed by atoms with E-state index >= 15 is 0 Å². The Bertz CT molecular complexity index is 478. The van der Waals surface area contributed by atoms with E-state index in [1.165, 1.54) is 24.8 Å². The van der Waals surface area contributed by atoms with Gasteiger partial charge in [0.1, 0.15) is 5.60 Å². The molecule has 0 aliphatic heterocycles. The van der Waals surface area contributed by atoms with Crippen molar-refractivity contribution in [1.82, 2.24) is 0 Å². The number of aliphatic hydroxyl groups is 2. The molecule has 0 aromatic carbocycles. The van der Waals surface area contributed by atoms with E-state index in [-0.39, 0.29) is 16.9 Å². The van der Waals surface area contributed by atoms with Crippen LogP contribution in [-0.4, -0.2) is 21.9 Å². The van der Waals surface area contributed by atoms with Crippen LogP contribution in [0.25, 0.3) is 0 Å². The van der Waals surface area contributed by atoms with E-state index in [1.54, 1.807) is 6.08 Å². The second-order valence-electron chi connectivity index (χ2n) is 8.60. The van der Waals surface area contributed by atoms with E-state index in [2.05, 4.69) is 27.4 Å². The fraction of sp³-hybridized carbons (Fsp3) is 0.789. The van der Waals surface area contributed by atoms with E-state index < -0.39 is 5.60 Å². The third-order valence-corrected chi connectivity index (χ3v) is 6.78. The second-order valence-corrected chi connectivity index (χ2v) is 8.60. The van der Waals surface area contributed by atoms with Crippen LogP contribution in [0.2, 0.25) is 0 Å². The standard InChI is InChI=1S/C19H30O2/c1-5-19(21)10-7-14-13(12-19)11-15(20)16-17(2,3)8-6-9-18(14,16)4/h5,12,14-16,20-21H,1,6-11H2,2-4H3/t14-,15?,16?,18+,19+/m0/s1. The third-order valence-electron chi connectivity index (χ3n) is 6.78. The first-order valence-electron chi connectivity index (χ1n) is 8.47. The van der Waals surface area contributed by atoms with Crippen LogP contribution in [0.4, 0.5) is 0 Å². The molecule has 2 nitrogen and oxygen atoms in total. The summed E-state index contributed by atoms with van der Waals surface area (Å²) in [7, 11) is 0. The van der Waals surface area contributed by atoms with Gasteiger partial charge >= 0.3 is 0 Å². The maximum absolute atomic E-state index is 10.8. The molecule has 21 heavy (non-hydrogen) atoms. The molecule has 0 saturated heterocycles. The second kappa shape index (κ2) is 4.70. The smallest absolute Gasteiger partial charge is 0.101 e. The fourth-order valence-electron chi connectivity index (χ4n) is 6.01. The molecular formula is C19H30O2. The molecular weight excluding hydrogens is 260 g/mol. The highest BCUT2D eigenvalue weighted by Crippen LogP contribution is 2.63. The van der Waals surface area contributed by atoms with E-state index in [1.807, 2.05) is 6.08 Å². The summed E-state index contributed by atoms with van der Waals surface area (Å²) in [5.74, 6) is 0.890. The Morgan fingerprint density at radius 1 is 1.24 bits per heavy atom. The van der Waals surface area contributed by atoms with Crippen molar-refractivity contribution < 1.29 is 10.2 Å². The zero-order chi connectivity index (χ0) is 15.5. The Balaban J connectivity index is 2.03. The Kier molecular flexibility index (Phi) is 3.42. The first kappa shape index (κ1) is 15.3. The average Bonchev–Trinajstić information content (AvgIpc) is 2.36. The minimum Gasteiger partial charge on any atom is -0.392 e. The minimum atomic E-state index is -0.862. The van der Waals surface area contributed by atoms with Crippen LogP contribution >= 0.6 is 0 Å². The monoisotopic (exact) mass is 290 g/mol. The minimum absolute atomic E-state index is 0.174. The molecule has 118 valence electrons. The summed E-state index contributed by atoms with van der Waals surface area (Å²) in [6, 6.07) is 0. The highest BCUT2D eigenvalue weighted by atomic mass is 16.3. The van der Waals surface area contributed by atoms with Crippen LogP contribution in [0.5, 0.6) is 0 Å². The molecule has 5 atom stereocenters. The SMILES string of the molecule is C=C[C@]1(O)C=C2CC(O)C3C(C)(C)CCC[C@]3(C)[C@H]2CC1. The van der Waals surface area contributed by atoms with Gasteiger partial charge < -0.3 is 10.2 Å². The van der Waals surface area contributed by atoms with Crippen LogP contribution in [-0.2, 0) is 0 Å². The normalized spacial score (nSPS) is 48.8. The van der Waals surface area contributed by atoms with Crippen LogP contribution < -0.4 is 0 Å². The molecule has 0 aromatic rings. The maximum atomic E-state index is 10.8. The van der Waals surface area contributed by atoms with Crippen LogP contribution in [0.1, 0.15) is 59.3 Å². The molecule has 3 rings (SSSR count). The van der Waals surface area contributed by atoms with E-state index in [0.29, 0.717) is 11.8 Å². The number of hydrogen-bond donors (Lipinski definition) is 2. The lowest BCUT2D eigenvalue weighted by atomic mass is 9.45. The van der Waals surface area contributed by atoms with Gasteiger partial charge in [-0.25, -0.2) is 0 Å². The molecule has 0 amide bonds. The van der Waals surface area contributed by atoms with Crippen molar-refractivity contribution in [3.63, 3.8) is 0 Å². The summed E-state index contributed by atoms with van der Waals surface area (Å²) in [5.41, 5.74) is 0.796. The first-order chi connectivity index (χ1) is 9.72. The average molecular weight is 290 g/mol. The largest absolute Gasteiger partial charge is 0.392 e. The summed E-state index contributed by atoms with van der Waals surface area (Å²) in [6.07, 6.45) is 9.56. The third kappa shape index (κ3) is 2.22. The molecule has 2 saturated carbocycles. The quantitative estimate of drug-likeness (QED) is 0.720. The van der Waals surface area contributed by atoms with E-state index in [4.69, 9.17) is 0 Å². The number of rotatable bonds is 1. The summed E-state index contributed by atoms with van der Waals surface area (Å²) < 4.78 is 0. The molecule has 0 bridgehead atoms. The van der Waals surface area contributed by atoms with Crippen molar-refractivity contribution in [2.75, 3.05) is 0 Å². The maximum Gasteiger partial charge on any atom is 0.101 e. The van der Waals surface area contributed by atoms with Crippen molar-refractivity contribution in [1.29, 1.82) is 0 Å². The Morgan fingerprint density at radius 3 is 2.62 bits per heavy atom. The van der Waals surface area contributed by atoms with Gasteiger partial charge in [0, 0.05) is 0 Å². The summed E-state index contributed by atoms with van der Waals surface area (Å²) in [5, 5.41) is 21.4. The van der Waals surface area contributed by atoms with E-state index in [0.717, 1.165) is 19.3 Å². The van der Waals surface area contributed by atoms with E-state index in [9.17, 15) is 10.2 Å². The van der Waals surface area contributed by atoms with Gasteiger partial charge in [0.15, 0.2) is 0 Å². The van der Waals surface area contributed by atoms with Gasteiger partial charge in [-0.15, -0.1) is 0 Å². The Hall–Kier alpha value is -0.600. The van der Waals surface area contributed by atoms with Crippen LogP contribution in [0.3, 0.4) is 0 Å². The van der Waals surface area contributed by atoms with Crippen molar-refractivity contribution in [3.8, 4) is 0 Å². The molecule has 2 heteroatoms. The summed E-state index contributed by atoms with van der Waals surface area (Å²) >= 11 is 0. The Morgan fingerprint density at radius 2 is 1.95 bits per heavy atom. The predicted molar refractivity (Wildman–Crippen MR) is 85.8 cm³/mol.